The van der Waals surface area contributed by atoms with Crippen LogP contribution in [0.3, 0.4) is 0 Å². The summed E-state index contributed by atoms with van der Waals surface area (Å²) in [4.78, 5) is 46.2. The highest BCUT2D eigenvalue weighted by Crippen LogP contribution is 2.35. The minimum absolute atomic E-state index is 0.180. The van der Waals surface area contributed by atoms with E-state index in [0.717, 1.165) is 21.6 Å². The third-order valence-corrected chi connectivity index (χ3v) is 9.11. The summed E-state index contributed by atoms with van der Waals surface area (Å²) in [5.41, 5.74) is 3.21. The van der Waals surface area contributed by atoms with Crippen molar-refractivity contribution in [1.29, 1.82) is 0 Å². The Bertz CT molecular complexity index is 2110. The van der Waals surface area contributed by atoms with Gasteiger partial charge in [-0.2, -0.15) is 0 Å². The summed E-state index contributed by atoms with van der Waals surface area (Å²) in [5.74, 6) is 0.147. The summed E-state index contributed by atoms with van der Waals surface area (Å²) in [6, 6.07) is 27.1. The van der Waals surface area contributed by atoms with Gasteiger partial charge in [-0.1, -0.05) is 65.9 Å². The maximum atomic E-state index is 14.1. The van der Waals surface area contributed by atoms with Crippen LogP contribution in [-0.4, -0.2) is 36.0 Å². The molecule has 6 rings (SSSR count). The summed E-state index contributed by atoms with van der Waals surface area (Å²) in [5, 5.41) is 0. The van der Waals surface area contributed by atoms with Crippen molar-refractivity contribution in [3.8, 4) is 11.3 Å². The average molecular weight is 651 g/mol. The number of thiazole rings is 1. The number of fused-ring (bicyclic) bond motifs is 1. The Hall–Kier alpha value is -4.93. The molecular formula is C36H30N2O6S2. The zero-order valence-corrected chi connectivity index (χ0v) is 27.0. The van der Waals surface area contributed by atoms with Crippen molar-refractivity contribution in [2.75, 3.05) is 19.5 Å². The van der Waals surface area contributed by atoms with Crippen LogP contribution in [0.5, 0.6) is 0 Å². The molecule has 0 N–H and O–H groups in total. The maximum absolute atomic E-state index is 14.1. The van der Waals surface area contributed by atoms with Crippen LogP contribution in [0.2, 0.25) is 0 Å². The van der Waals surface area contributed by atoms with Crippen LogP contribution < -0.4 is 14.9 Å². The first-order valence-corrected chi connectivity index (χ1v) is 16.8. The van der Waals surface area contributed by atoms with E-state index in [1.807, 2.05) is 66.9 Å². The van der Waals surface area contributed by atoms with Crippen LogP contribution >= 0.6 is 23.1 Å². The molecule has 8 nitrogen and oxygen atoms in total. The predicted molar refractivity (Wildman–Crippen MR) is 179 cm³/mol. The number of nitrogens with zero attached hydrogens (tertiary/aromatic N) is 2. The van der Waals surface area contributed by atoms with E-state index in [-0.39, 0.29) is 18.1 Å². The first-order valence-electron chi connectivity index (χ1n) is 14.7. The third-order valence-electron chi connectivity index (χ3n) is 7.39. The normalized spacial score (nSPS) is 14.5. The van der Waals surface area contributed by atoms with Crippen molar-refractivity contribution in [2.24, 2.45) is 4.99 Å². The number of carbonyl (C=O) groups excluding carboxylic acids is 2. The molecule has 1 atom stereocenters. The Balaban J connectivity index is 1.47. The molecule has 1 aliphatic heterocycles. The lowest BCUT2D eigenvalue weighted by molar-refractivity contribution is -0.138. The topological polar surface area (TPSA) is 100 Å². The number of hydrogen-bond acceptors (Lipinski definition) is 9. The zero-order valence-electron chi connectivity index (χ0n) is 25.4. The second kappa shape index (κ2) is 13.6. The highest BCUT2D eigenvalue weighted by molar-refractivity contribution is 7.98. The number of carbonyl (C=O) groups is 2. The van der Waals surface area contributed by atoms with Gasteiger partial charge in [0.2, 0.25) is 0 Å². The van der Waals surface area contributed by atoms with Crippen molar-refractivity contribution in [3.05, 3.63) is 139 Å². The molecule has 0 spiro atoms. The minimum Gasteiger partial charge on any atom is -0.463 e. The molecule has 3 heterocycles. The molecular weight excluding hydrogens is 621 g/mol. The van der Waals surface area contributed by atoms with E-state index in [4.69, 9.17) is 18.9 Å². The molecule has 0 fully saturated rings. The summed E-state index contributed by atoms with van der Waals surface area (Å²) in [6.45, 7) is 4.00. The molecule has 46 heavy (non-hydrogen) atoms. The number of ether oxygens (including phenoxy) is 2. The van der Waals surface area contributed by atoms with E-state index in [0.29, 0.717) is 44.3 Å². The summed E-state index contributed by atoms with van der Waals surface area (Å²) >= 11 is 2.84. The Morgan fingerprint density at radius 1 is 0.891 bits per heavy atom. The van der Waals surface area contributed by atoms with Gasteiger partial charge in [0, 0.05) is 22.1 Å². The molecule has 0 saturated carbocycles. The Labute approximate surface area is 273 Å². The zero-order chi connectivity index (χ0) is 32.2. The number of esters is 2. The molecule has 0 bridgehead atoms. The number of hydrogen-bond donors (Lipinski definition) is 0. The SMILES string of the molecule is CCOC(=O)C1=C(c2ccccc2)N=c2s/c(=C\c3ccc(-c4ccc(C(=O)OCC)cc4)o3)c(=O)n2C1c1ccc(SC)cc1. The summed E-state index contributed by atoms with van der Waals surface area (Å²) in [6.07, 6.45) is 3.68. The molecule has 3 aromatic carbocycles. The lowest BCUT2D eigenvalue weighted by atomic mass is 9.93. The highest BCUT2D eigenvalue weighted by atomic mass is 32.2. The number of benzene rings is 3. The summed E-state index contributed by atoms with van der Waals surface area (Å²) in [7, 11) is 0. The molecule has 0 amide bonds. The minimum atomic E-state index is -0.756. The lowest BCUT2D eigenvalue weighted by Gasteiger charge is -2.26. The fourth-order valence-corrected chi connectivity index (χ4v) is 6.63. The maximum Gasteiger partial charge on any atom is 0.338 e. The van der Waals surface area contributed by atoms with Crippen molar-refractivity contribution < 1.29 is 23.5 Å². The Morgan fingerprint density at radius 2 is 1.59 bits per heavy atom. The largest absolute Gasteiger partial charge is 0.463 e. The molecule has 5 aromatic rings. The fourth-order valence-electron chi connectivity index (χ4n) is 5.24. The predicted octanol–water partition coefficient (Wildman–Crippen LogP) is 6.09. The highest BCUT2D eigenvalue weighted by Gasteiger charge is 2.35. The molecule has 1 unspecified atom stereocenters. The van der Waals surface area contributed by atoms with E-state index < -0.39 is 12.0 Å². The molecule has 10 heteroatoms. The van der Waals surface area contributed by atoms with Crippen LogP contribution in [0.15, 0.2) is 116 Å². The van der Waals surface area contributed by atoms with Crippen molar-refractivity contribution >= 4 is 46.8 Å². The molecule has 232 valence electrons. The summed E-state index contributed by atoms with van der Waals surface area (Å²) < 4.78 is 18.7. The molecule has 0 aliphatic carbocycles. The van der Waals surface area contributed by atoms with Crippen LogP contribution in [0, 0.1) is 0 Å². The van der Waals surface area contributed by atoms with Gasteiger partial charge >= 0.3 is 11.9 Å². The lowest BCUT2D eigenvalue weighted by Crippen LogP contribution is -2.40. The smallest absolute Gasteiger partial charge is 0.338 e. The quantitative estimate of drug-likeness (QED) is 0.141. The molecule has 0 radical (unpaired) electrons. The van der Waals surface area contributed by atoms with Crippen LogP contribution in [0.4, 0.5) is 0 Å². The third kappa shape index (κ3) is 6.14. The van der Waals surface area contributed by atoms with Crippen LogP contribution in [0.1, 0.15) is 47.1 Å². The van der Waals surface area contributed by atoms with Gasteiger partial charge in [0.15, 0.2) is 4.80 Å². The van der Waals surface area contributed by atoms with Gasteiger partial charge in [0.05, 0.1) is 40.6 Å². The Morgan fingerprint density at radius 3 is 2.26 bits per heavy atom. The second-order valence-corrected chi connectivity index (χ2v) is 12.1. The van der Waals surface area contributed by atoms with Crippen LogP contribution in [-0.2, 0) is 14.3 Å². The molecule has 1 aliphatic rings. The Kier molecular flexibility index (Phi) is 9.18. The van der Waals surface area contributed by atoms with E-state index in [1.165, 1.54) is 11.3 Å². The van der Waals surface area contributed by atoms with Gasteiger partial charge in [-0.15, -0.1) is 11.8 Å². The average Bonchev–Trinajstić information content (AvgIpc) is 3.68. The van der Waals surface area contributed by atoms with E-state index in [2.05, 4.69) is 0 Å². The standard InChI is InChI=1S/C36H30N2O6S2/c1-4-42-34(40)25-13-11-22(12-14-25)28-20-17-26(44-28)21-29-33(39)38-32(24-15-18-27(45-3)19-16-24)30(35(41)43-5-2)31(37-36(38)46-29)23-9-7-6-8-10-23/h6-21,32H,4-5H2,1-3H3/b29-21-. The van der Waals surface area contributed by atoms with Crippen molar-refractivity contribution in [3.63, 3.8) is 0 Å². The van der Waals surface area contributed by atoms with Crippen molar-refractivity contribution in [1.82, 2.24) is 4.57 Å². The number of rotatable bonds is 9. The number of aromatic nitrogens is 1. The second-order valence-electron chi connectivity index (χ2n) is 10.2. The van der Waals surface area contributed by atoms with Gasteiger partial charge in [-0.3, -0.25) is 9.36 Å². The van der Waals surface area contributed by atoms with Gasteiger partial charge in [-0.25, -0.2) is 14.6 Å². The first-order chi connectivity index (χ1) is 22.4. The number of thioether (sulfide) groups is 1. The first kappa shape index (κ1) is 31.1. The van der Waals surface area contributed by atoms with Gasteiger partial charge < -0.3 is 13.9 Å². The van der Waals surface area contributed by atoms with Gasteiger partial charge in [-0.05, 0) is 62.1 Å². The number of furan rings is 1. The van der Waals surface area contributed by atoms with Crippen LogP contribution in [0.25, 0.3) is 23.1 Å². The van der Waals surface area contributed by atoms with E-state index in [9.17, 15) is 14.4 Å². The monoisotopic (exact) mass is 650 g/mol. The molecule has 0 saturated heterocycles. The van der Waals surface area contributed by atoms with E-state index >= 15 is 0 Å². The van der Waals surface area contributed by atoms with E-state index in [1.54, 1.807) is 66.6 Å². The fraction of sp³-hybridized carbons (Fsp3) is 0.167. The van der Waals surface area contributed by atoms with Gasteiger partial charge in [0.25, 0.3) is 5.56 Å². The van der Waals surface area contributed by atoms with Gasteiger partial charge in [0.1, 0.15) is 11.5 Å². The van der Waals surface area contributed by atoms with Crippen molar-refractivity contribution in [2.45, 2.75) is 24.8 Å². The molecule has 2 aromatic heterocycles.